The molecule has 0 N–H and O–H groups in total. The Balaban J connectivity index is 1.91. The third kappa shape index (κ3) is 2.17. The third-order valence-electron chi connectivity index (χ3n) is 4.98. The van der Waals surface area contributed by atoms with Gasteiger partial charge in [0.2, 0.25) is 5.91 Å². The Hall–Kier alpha value is -1.71. The van der Waals surface area contributed by atoms with E-state index >= 15 is 0 Å². The Morgan fingerprint density at radius 1 is 1.43 bits per heavy atom. The van der Waals surface area contributed by atoms with Gasteiger partial charge >= 0.3 is 0 Å². The van der Waals surface area contributed by atoms with Crippen LogP contribution in [0.2, 0.25) is 0 Å². The van der Waals surface area contributed by atoms with E-state index in [-0.39, 0.29) is 17.2 Å². The fourth-order valence-electron chi connectivity index (χ4n) is 3.59. The number of carbonyl (C=O) groups excluding carboxylic acids is 1. The van der Waals surface area contributed by atoms with Crippen molar-refractivity contribution < 1.29 is 14.3 Å². The number of hydrogen-bond donors (Lipinski definition) is 0. The maximum atomic E-state index is 12.7. The highest BCUT2D eigenvalue weighted by atomic mass is 16.5. The molecule has 1 spiro atoms. The number of hydrogen-bond acceptors (Lipinski definition) is 3. The number of carbonyl (C=O) groups is 1. The number of nitrogens with zero attached hydrogens (tertiary/aromatic N) is 1. The smallest absolute Gasteiger partial charge is 0.226 e. The van der Waals surface area contributed by atoms with Gasteiger partial charge in [0.05, 0.1) is 13.7 Å². The molecule has 0 radical (unpaired) electrons. The standard InChI is InChI=1S/C17H23NO3/c1-4-18(5-2)16(19)14-11-17(14)8-9-21-15-7-6-12(20-3)10-13(15)17/h6-7,10,14H,4-5,8-9,11H2,1-3H3/t14-,17-/m1/s1. The molecule has 3 rings (SSSR count). The highest BCUT2D eigenvalue weighted by Gasteiger charge is 2.61. The predicted molar refractivity (Wildman–Crippen MR) is 80.8 cm³/mol. The third-order valence-corrected chi connectivity index (χ3v) is 4.98. The molecule has 1 aliphatic heterocycles. The van der Waals surface area contributed by atoms with Gasteiger partial charge in [0.25, 0.3) is 0 Å². The van der Waals surface area contributed by atoms with Crippen LogP contribution in [0, 0.1) is 5.92 Å². The zero-order valence-corrected chi connectivity index (χ0v) is 13.0. The van der Waals surface area contributed by atoms with Gasteiger partial charge in [-0.1, -0.05) is 0 Å². The van der Waals surface area contributed by atoms with Crippen molar-refractivity contribution in [1.29, 1.82) is 0 Å². The molecule has 2 aliphatic rings. The molecule has 0 saturated heterocycles. The first kappa shape index (κ1) is 14.2. The number of ether oxygens (including phenoxy) is 2. The van der Waals surface area contributed by atoms with E-state index < -0.39 is 0 Å². The average molecular weight is 289 g/mol. The Bertz CT molecular complexity index is 553. The van der Waals surface area contributed by atoms with Crippen molar-refractivity contribution in [2.75, 3.05) is 26.8 Å². The molecular weight excluding hydrogens is 266 g/mol. The molecule has 1 aromatic carbocycles. The van der Waals surface area contributed by atoms with Crippen LogP contribution in [0.25, 0.3) is 0 Å². The van der Waals surface area contributed by atoms with E-state index in [0.717, 1.165) is 43.0 Å². The van der Waals surface area contributed by atoms with Crippen molar-refractivity contribution in [3.8, 4) is 11.5 Å². The highest BCUT2D eigenvalue weighted by Crippen LogP contribution is 2.61. The maximum absolute atomic E-state index is 12.7. The molecule has 0 aromatic heterocycles. The van der Waals surface area contributed by atoms with Crippen LogP contribution in [-0.4, -0.2) is 37.6 Å². The first-order valence-electron chi connectivity index (χ1n) is 7.76. The van der Waals surface area contributed by atoms with E-state index in [2.05, 4.69) is 0 Å². The Morgan fingerprint density at radius 2 is 2.19 bits per heavy atom. The second-order valence-electron chi connectivity index (χ2n) is 5.88. The van der Waals surface area contributed by atoms with Crippen LogP contribution in [-0.2, 0) is 10.2 Å². The van der Waals surface area contributed by atoms with Gasteiger partial charge in [0, 0.05) is 30.0 Å². The highest BCUT2D eigenvalue weighted by molar-refractivity contribution is 5.85. The van der Waals surface area contributed by atoms with Crippen molar-refractivity contribution in [2.24, 2.45) is 5.92 Å². The normalized spacial score (nSPS) is 26.0. The first-order chi connectivity index (χ1) is 10.2. The zero-order chi connectivity index (χ0) is 15.0. The molecule has 114 valence electrons. The van der Waals surface area contributed by atoms with E-state index in [4.69, 9.17) is 9.47 Å². The summed E-state index contributed by atoms with van der Waals surface area (Å²) in [5, 5.41) is 0. The minimum absolute atomic E-state index is 0.0260. The minimum Gasteiger partial charge on any atom is -0.497 e. The zero-order valence-electron chi connectivity index (χ0n) is 13.0. The summed E-state index contributed by atoms with van der Waals surface area (Å²) < 4.78 is 11.1. The van der Waals surface area contributed by atoms with Gasteiger partial charge in [-0.2, -0.15) is 0 Å². The Morgan fingerprint density at radius 3 is 2.86 bits per heavy atom. The van der Waals surface area contributed by atoms with E-state index in [1.165, 1.54) is 0 Å². The second kappa shape index (κ2) is 5.24. The van der Waals surface area contributed by atoms with Crippen molar-refractivity contribution in [3.05, 3.63) is 23.8 Å². The summed E-state index contributed by atoms with van der Waals surface area (Å²) in [4.78, 5) is 14.6. The van der Waals surface area contributed by atoms with Crippen molar-refractivity contribution >= 4 is 5.91 Å². The summed E-state index contributed by atoms with van der Waals surface area (Å²) in [5.41, 5.74) is 1.13. The molecule has 21 heavy (non-hydrogen) atoms. The molecule has 1 heterocycles. The van der Waals surface area contributed by atoms with Crippen LogP contribution in [0.4, 0.5) is 0 Å². The summed E-state index contributed by atoms with van der Waals surface area (Å²) in [5.74, 6) is 2.14. The molecule has 1 fully saturated rings. The SMILES string of the molecule is CCN(CC)C(=O)[C@H]1C[C@@]12CCOc1ccc(OC)cc12. The van der Waals surface area contributed by atoms with Gasteiger partial charge in [-0.15, -0.1) is 0 Å². The lowest BCUT2D eigenvalue weighted by Crippen LogP contribution is -2.35. The van der Waals surface area contributed by atoms with Gasteiger partial charge in [-0.25, -0.2) is 0 Å². The fraction of sp³-hybridized carbons (Fsp3) is 0.588. The van der Waals surface area contributed by atoms with Crippen LogP contribution < -0.4 is 9.47 Å². The van der Waals surface area contributed by atoms with Gasteiger partial charge in [-0.05, 0) is 44.9 Å². The molecule has 4 nitrogen and oxygen atoms in total. The average Bonchev–Trinajstić information content (AvgIpc) is 3.23. The Labute approximate surface area is 126 Å². The molecule has 1 saturated carbocycles. The Kier molecular flexibility index (Phi) is 3.56. The largest absolute Gasteiger partial charge is 0.497 e. The lowest BCUT2D eigenvalue weighted by atomic mass is 9.87. The van der Waals surface area contributed by atoms with E-state index in [1.54, 1.807) is 7.11 Å². The monoisotopic (exact) mass is 289 g/mol. The van der Waals surface area contributed by atoms with E-state index in [1.807, 2.05) is 36.9 Å². The summed E-state index contributed by atoms with van der Waals surface area (Å²) in [7, 11) is 1.67. The summed E-state index contributed by atoms with van der Waals surface area (Å²) in [6, 6.07) is 5.93. The van der Waals surface area contributed by atoms with Crippen LogP contribution in [0.3, 0.4) is 0 Å². The number of fused-ring (bicyclic) bond motifs is 2. The molecule has 1 aliphatic carbocycles. The van der Waals surface area contributed by atoms with Gasteiger partial charge in [-0.3, -0.25) is 4.79 Å². The van der Waals surface area contributed by atoms with E-state index in [9.17, 15) is 4.79 Å². The number of methoxy groups -OCH3 is 1. The predicted octanol–water partition coefficient (Wildman–Crippen LogP) is 2.60. The van der Waals surface area contributed by atoms with Crippen molar-refractivity contribution in [2.45, 2.75) is 32.1 Å². The molecule has 2 atom stereocenters. The molecule has 0 unspecified atom stereocenters. The quantitative estimate of drug-likeness (QED) is 0.855. The lowest BCUT2D eigenvalue weighted by Gasteiger charge is -2.28. The topological polar surface area (TPSA) is 38.8 Å². The van der Waals surface area contributed by atoms with Crippen molar-refractivity contribution in [1.82, 2.24) is 4.90 Å². The summed E-state index contributed by atoms with van der Waals surface area (Å²) in [6.07, 6.45) is 1.86. The lowest BCUT2D eigenvalue weighted by molar-refractivity contribution is -0.132. The minimum atomic E-state index is -0.0260. The fourth-order valence-corrected chi connectivity index (χ4v) is 3.59. The second-order valence-corrected chi connectivity index (χ2v) is 5.88. The number of benzene rings is 1. The molecule has 4 heteroatoms. The molecule has 1 aromatic rings. The van der Waals surface area contributed by atoms with Crippen LogP contribution in [0.15, 0.2) is 18.2 Å². The maximum Gasteiger partial charge on any atom is 0.226 e. The van der Waals surface area contributed by atoms with Gasteiger partial charge in [0.15, 0.2) is 0 Å². The van der Waals surface area contributed by atoms with E-state index in [0.29, 0.717) is 6.61 Å². The van der Waals surface area contributed by atoms with Crippen molar-refractivity contribution in [3.63, 3.8) is 0 Å². The number of rotatable bonds is 4. The first-order valence-corrected chi connectivity index (χ1v) is 7.76. The summed E-state index contributed by atoms with van der Waals surface area (Å²) in [6.45, 7) is 6.34. The molecule has 1 amide bonds. The van der Waals surface area contributed by atoms with Gasteiger partial charge in [0.1, 0.15) is 11.5 Å². The number of amides is 1. The van der Waals surface area contributed by atoms with Crippen LogP contribution in [0.5, 0.6) is 11.5 Å². The van der Waals surface area contributed by atoms with Crippen LogP contribution in [0.1, 0.15) is 32.3 Å². The van der Waals surface area contributed by atoms with Crippen LogP contribution >= 0.6 is 0 Å². The molecular formula is C17H23NO3. The van der Waals surface area contributed by atoms with Gasteiger partial charge < -0.3 is 14.4 Å². The summed E-state index contributed by atoms with van der Waals surface area (Å²) >= 11 is 0. The molecule has 0 bridgehead atoms.